The molecule has 2 heterocycles. The summed E-state index contributed by atoms with van der Waals surface area (Å²) >= 11 is 3.15. The first-order valence-electron chi connectivity index (χ1n) is 5.84. The van der Waals surface area contributed by atoms with Gasteiger partial charge in [-0.2, -0.15) is 0 Å². The summed E-state index contributed by atoms with van der Waals surface area (Å²) in [6, 6.07) is 1.90. The molecule has 0 amide bonds. The number of hydrogen-bond donors (Lipinski definition) is 2. The Morgan fingerprint density at radius 3 is 2.58 bits per heavy atom. The van der Waals surface area contributed by atoms with E-state index in [0.29, 0.717) is 0 Å². The van der Waals surface area contributed by atoms with Crippen molar-refractivity contribution in [2.75, 3.05) is 23.9 Å². The maximum Gasteiger partial charge on any atom is 0.191 e. The van der Waals surface area contributed by atoms with Crippen LogP contribution in [0.5, 0.6) is 0 Å². The summed E-state index contributed by atoms with van der Waals surface area (Å²) in [6.07, 6.45) is 3.78. The van der Waals surface area contributed by atoms with Crippen molar-refractivity contribution in [2.24, 2.45) is 0 Å². The van der Waals surface area contributed by atoms with Crippen molar-refractivity contribution in [1.82, 2.24) is 15.0 Å². The fraction of sp³-hybridized carbons (Fsp3) is 0.417. The van der Waals surface area contributed by atoms with Crippen LogP contribution in [0.2, 0.25) is 0 Å². The van der Waals surface area contributed by atoms with E-state index in [4.69, 9.17) is 0 Å². The molecule has 0 saturated heterocycles. The van der Waals surface area contributed by atoms with Crippen molar-refractivity contribution in [3.63, 3.8) is 0 Å². The minimum atomic E-state index is -0.261. The molecular weight excluding hydrogens is 278 g/mol. The fourth-order valence-electron chi connectivity index (χ4n) is 1.61. The summed E-state index contributed by atoms with van der Waals surface area (Å²) in [4.78, 5) is 13.2. The molecule has 7 heteroatoms. The molecule has 0 fully saturated rings. The van der Waals surface area contributed by atoms with Crippen LogP contribution in [0.1, 0.15) is 18.9 Å². The lowest BCUT2D eigenvalue weighted by atomic mass is 10.1. The van der Waals surface area contributed by atoms with Crippen LogP contribution < -0.4 is 10.6 Å². The summed E-state index contributed by atoms with van der Waals surface area (Å²) in [5.41, 5.74) is -0.261. The third-order valence-corrected chi connectivity index (χ3v) is 4.20. The third-order valence-electron chi connectivity index (χ3n) is 2.55. The Kier molecular flexibility index (Phi) is 4.26. The predicted octanol–water partition coefficient (Wildman–Crippen LogP) is 3.04. The van der Waals surface area contributed by atoms with Crippen molar-refractivity contribution in [2.45, 2.75) is 24.5 Å². The normalized spacial score (nSPS) is 11.4. The molecule has 102 valence electrons. The number of aromatic nitrogens is 3. The second kappa shape index (κ2) is 5.75. The van der Waals surface area contributed by atoms with Gasteiger partial charge in [-0.1, -0.05) is 11.8 Å². The zero-order valence-electron chi connectivity index (χ0n) is 11.4. The van der Waals surface area contributed by atoms with E-state index in [0.717, 1.165) is 21.8 Å². The second-order valence-corrected chi connectivity index (χ2v) is 6.13. The first-order chi connectivity index (χ1) is 9.05. The second-order valence-electron chi connectivity index (χ2n) is 4.46. The molecule has 0 spiro atoms. The summed E-state index contributed by atoms with van der Waals surface area (Å²) in [6.45, 7) is 4.18. The van der Waals surface area contributed by atoms with Gasteiger partial charge in [0.1, 0.15) is 16.6 Å². The largest absolute Gasteiger partial charge is 0.373 e. The van der Waals surface area contributed by atoms with Crippen LogP contribution in [0.25, 0.3) is 0 Å². The van der Waals surface area contributed by atoms with Gasteiger partial charge in [0.25, 0.3) is 0 Å². The summed E-state index contributed by atoms with van der Waals surface area (Å²) in [5.74, 6) is 1.60. The van der Waals surface area contributed by atoms with Gasteiger partial charge in [0.05, 0.1) is 5.54 Å². The highest BCUT2D eigenvalue weighted by molar-refractivity contribution is 7.98. The number of nitrogens with one attached hydrogen (secondary N) is 2. The Bertz CT molecular complexity index is 517. The summed E-state index contributed by atoms with van der Waals surface area (Å²) in [5, 5.41) is 10.2. The molecule has 0 bridgehead atoms. The minimum Gasteiger partial charge on any atom is -0.373 e. The first kappa shape index (κ1) is 14.1. The number of thiazole rings is 1. The standard InChI is InChI=1S/C12H17N5S2/c1-12(2,10-14-5-6-19-10)17-9-7-8(13-3)15-11(16-9)18-4/h5-7H,1-4H3,(H2,13,15,16,17). The molecule has 0 aromatic carbocycles. The van der Waals surface area contributed by atoms with Crippen molar-refractivity contribution < 1.29 is 0 Å². The predicted molar refractivity (Wildman–Crippen MR) is 82.1 cm³/mol. The molecule has 5 nitrogen and oxygen atoms in total. The minimum absolute atomic E-state index is 0.261. The number of rotatable bonds is 5. The summed E-state index contributed by atoms with van der Waals surface area (Å²) < 4.78 is 0. The van der Waals surface area contributed by atoms with Crippen molar-refractivity contribution >= 4 is 34.7 Å². The number of hydrogen-bond acceptors (Lipinski definition) is 7. The van der Waals surface area contributed by atoms with Gasteiger partial charge in [0, 0.05) is 24.7 Å². The van der Waals surface area contributed by atoms with Gasteiger partial charge in [-0.25, -0.2) is 15.0 Å². The Hall–Kier alpha value is -1.34. The van der Waals surface area contributed by atoms with Crippen LogP contribution in [0, 0.1) is 0 Å². The average molecular weight is 295 g/mol. The van der Waals surface area contributed by atoms with E-state index in [1.807, 2.05) is 30.9 Å². The van der Waals surface area contributed by atoms with Gasteiger partial charge in [-0.3, -0.25) is 0 Å². The van der Waals surface area contributed by atoms with E-state index in [1.165, 1.54) is 11.8 Å². The van der Waals surface area contributed by atoms with Gasteiger partial charge in [0.15, 0.2) is 5.16 Å². The highest BCUT2D eigenvalue weighted by Crippen LogP contribution is 2.27. The highest BCUT2D eigenvalue weighted by Gasteiger charge is 2.23. The smallest absolute Gasteiger partial charge is 0.191 e. The van der Waals surface area contributed by atoms with E-state index < -0.39 is 0 Å². The average Bonchev–Trinajstić information content (AvgIpc) is 2.92. The van der Waals surface area contributed by atoms with Crippen LogP contribution in [-0.2, 0) is 5.54 Å². The molecule has 0 aliphatic carbocycles. The Balaban J connectivity index is 2.27. The number of thioether (sulfide) groups is 1. The van der Waals surface area contributed by atoms with Crippen molar-refractivity contribution in [3.8, 4) is 0 Å². The molecule has 2 N–H and O–H groups in total. The van der Waals surface area contributed by atoms with Crippen LogP contribution in [0.15, 0.2) is 22.8 Å². The van der Waals surface area contributed by atoms with Gasteiger partial charge in [-0.15, -0.1) is 11.3 Å². The molecule has 0 unspecified atom stereocenters. The molecule has 0 radical (unpaired) electrons. The van der Waals surface area contributed by atoms with Crippen molar-refractivity contribution in [1.29, 1.82) is 0 Å². The topological polar surface area (TPSA) is 62.7 Å². The van der Waals surface area contributed by atoms with E-state index in [-0.39, 0.29) is 5.54 Å². The Morgan fingerprint density at radius 2 is 2.00 bits per heavy atom. The lowest BCUT2D eigenvalue weighted by molar-refractivity contribution is 0.599. The van der Waals surface area contributed by atoms with Gasteiger partial charge in [-0.05, 0) is 20.1 Å². The molecule has 0 aliphatic heterocycles. The number of nitrogens with zero attached hydrogens (tertiary/aromatic N) is 3. The van der Waals surface area contributed by atoms with Crippen LogP contribution >= 0.6 is 23.1 Å². The highest BCUT2D eigenvalue weighted by atomic mass is 32.2. The van der Waals surface area contributed by atoms with Gasteiger partial charge < -0.3 is 10.6 Å². The maximum atomic E-state index is 4.47. The molecule has 2 rings (SSSR count). The molecule has 0 atom stereocenters. The Morgan fingerprint density at radius 1 is 1.26 bits per heavy atom. The van der Waals surface area contributed by atoms with E-state index in [9.17, 15) is 0 Å². The van der Waals surface area contributed by atoms with E-state index in [2.05, 4.69) is 39.4 Å². The van der Waals surface area contributed by atoms with E-state index in [1.54, 1.807) is 11.3 Å². The van der Waals surface area contributed by atoms with Gasteiger partial charge >= 0.3 is 0 Å². The van der Waals surface area contributed by atoms with E-state index >= 15 is 0 Å². The van der Waals surface area contributed by atoms with Crippen LogP contribution in [0.4, 0.5) is 11.6 Å². The summed E-state index contributed by atoms with van der Waals surface area (Å²) in [7, 11) is 1.85. The monoisotopic (exact) mass is 295 g/mol. The fourth-order valence-corrected chi connectivity index (χ4v) is 2.71. The molecular formula is C12H17N5S2. The molecule has 0 aliphatic rings. The zero-order valence-corrected chi connectivity index (χ0v) is 13.0. The molecule has 0 saturated carbocycles. The molecule has 19 heavy (non-hydrogen) atoms. The first-order valence-corrected chi connectivity index (χ1v) is 7.94. The lowest BCUT2D eigenvalue weighted by Gasteiger charge is -2.24. The number of anilines is 2. The maximum absolute atomic E-state index is 4.47. The van der Waals surface area contributed by atoms with Gasteiger partial charge in [0.2, 0.25) is 0 Å². The zero-order chi connectivity index (χ0) is 13.9. The SMILES string of the molecule is CNc1cc(NC(C)(C)c2nccs2)nc(SC)n1. The van der Waals surface area contributed by atoms with Crippen LogP contribution in [0.3, 0.4) is 0 Å². The van der Waals surface area contributed by atoms with Crippen molar-refractivity contribution in [3.05, 3.63) is 22.7 Å². The third kappa shape index (κ3) is 3.36. The van der Waals surface area contributed by atoms with Crippen LogP contribution in [-0.4, -0.2) is 28.3 Å². The lowest BCUT2D eigenvalue weighted by Crippen LogP contribution is -2.28. The Labute approximate surface area is 121 Å². The molecule has 2 aromatic rings. The quantitative estimate of drug-likeness (QED) is 0.653. The molecule has 2 aromatic heterocycles.